The highest BCUT2D eigenvalue weighted by molar-refractivity contribution is 9.10. The molecule has 3 rings (SSSR count). The number of carbonyl (C=O) groups is 3. The fourth-order valence-corrected chi connectivity index (χ4v) is 3.19. The van der Waals surface area contributed by atoms with E-state index in [1.807, 2.05) is 25.1 Å². The molecule has 2 aromatic carbocycles. The third-order valence-corrected chi connectivity index (χ3v) is 4.66. The number of aryl methyl sites for hydroxylation is 1. The highest BCUT2D eigenvalue weighted by Crippen LogP contribution is 2.20. The number of nitrogens with zero attached hydrogens (tertiary/aromatic N) is 2. The molecule has 1 aliphatic heterocycles. The van der Waals surface area contributed by atoms with Crippen molar-refractivity contribution in [1.29, 1.82) is 0 Å². The molecular weight excluding hydrogens is 424 g/mol. The largest absolute Gasteiger partial charge is 0.342 e. The lowest BCUT2D eigenvalue weighted by molar-refractivity contribution is -0.120. The standard InChI is InChI=1S/C20H19BrN4O3/c1-13-11-14(21)7-8-16(13)23-18(26)12-22-20(28)17-9-10-19(27)25(24-17)15-5-3-2-4-6-15/h2-8,11H,9-10,12H2,1H3,(H,22,28)(H,23,26). The Morgan fingerprint density at radius 1 is 1.14 bits per heavy atom. The number of para-hydroxylation sites is 1. The summed E-state index contributed by atoms with van der Waals surface area (Å²) in [6.07, 6.45) is 0.423. The summed E-state index contributed by atoms with van der Waals surface area (Å²) in [5, 5.41) is 10.7. The molecule has 0 saturated carbocycles. The van der Waals surface area contributed by atoms with Crippen molar-refractivity contribution in [1.82, 2.24) is 5.32 Å². The molecule has 2 N–H and O–H groups in total. The van der Waals surface area contributed by atoms with E-state index in [0.717, 1.165) is 10.0 Å². The Kier molecular flexibility index (Phi) is 6.20. The van der Waals surface area contributed by atoms with Crippen LogP contribution in [0.4, 0.5) is 11.4 Å². The first-order chi connectivity index (χ1) is 13.4. The molecular formula is C20H19BrN4O3. The SMILES string of the molecule is Cc1cc(Br)ccc1NC(=O)CNC(=O)C1=NN(c2ccccc2)C(=O)CC1. The van der Waals surface area contributed by atoms with Crippen molar-refractivity contribution in [3.8, 4) is 0 Å². The van der Waals surface area contributed by atoms with Crippen LogP contribution in [0.2, 0.25) is 0 Å². The van der Waals surface area contributed by atoms with E-state index in [-0.39, 0.29) is 36.9 Å². The maximum atomic E-state index is 12.4. The zero-order valence-electron chi connectivity index (χ0n) is 15.2. The van der Waals surface area contributed by atoms with Crippen LogP contribution in [0.3, 0.4) is 0 Å². The summed E-state index contributed by atoms with van der Waals surface area (Å²) in [6, 6.07) is 14.4. The van der Waals surface area contributed by atoms with Crippen LogP contribution in [0.1, 0.15) is 18.4 Å². The van der Waals surface area contributed by atoms with Gasteiger partial charge < -0.3 is 10.6 Å². The van der Waals surface area contributed by atoms with Crippen molar-refractivity contribution >= 4 is 50.7 Å². The Morgan fingerprint density at radius 3 is 2.61 bits per heavy atom. The van der Waals surface area contributed by atoms with Crippen molar-refractivity contribution in [2.75, 3.05) is 16.9 Å². The van der Waals surface area contributed by atoms with Crippen LogP contribution in [-0.2, 0) is 14.4 Å². The van der Waals surface area contributed by atoms with Crippen molar-refractivity contribution in [2.24, 2.45) is 5.10 Å². The number of amides is 3. The highest BCUT2D eigenvalue weighted by Gasteiger charge is 2.25. The van der Waals surface area contributed by atoms with Crippen LogP contribution in [0.5, 0.6) is 0 Å². The van der Waals surface area contributed by atoms with Gasteiger partial charge in [-0.15, -0.1) is 0 Å². The van der Waals surface area contributed by atoms with Crippen molar-refractivity contribution in [2.45, 2.75) is 19.8 Å². The third-order valence-electron chi connectivity index (χ3n) is 4.17. The van der Waals surface area contributed by atoms with E-state index in [0.29, 0.717) is 11.4 Å². The van der Waals surface area contributed by atoms with Gasteiger partial charge >= 0.3 is 0 Å². The second-order valence-electron chi connectivity index (χ2n) is 6.28. The van der Waals surface area contributed by atoms with E-state index in [9.17, 15) is 14.4 Å². The lowest BCUT2D eigenvalue weighted by atomic mass is 10.1. The van der Waals surface area contributed by atoms with Crippen LogP contribution in [0.25, 0.3) is 0 Å². The van der Waals surface area contributed by atoms with Gasteiger partial charge in [-0.3, -0.25) is 14.4 Å². The van der Waals surface area contributed by atoms with Crippen LogP contribution >= 0.6 is 15.9 Å². The fourth-order valence-electron chi connectivity index (χ4n) is 2.71. The second kappa shape index (κ2) is 8.79. The molecule has 0 fully saturated rings. The first kappa shape index (κ1) is 19.8. The summed E-state index contributed by atoms with van der Waals surface area (Å²) in [4.78, 5) is 36.6. The molecule has 0 saturated heterocycles. The van der Waals surface area contributed by atoms with Crippen LogP contribution in [-0.4, -0.2) is 30.0 Å². The Labute approximate surface area is 170 Å². The average Bonchev–Trinajstić information content (AvgIpc) is 2.69. The number of hydrazone groups is 1. The lowest BCUT2D eigenvalue weighted by Gasteiger charge is -2.23. The van der Waals surface area contributed by atoms with Gasteiger partial charge in [0.2, 0.25) is 11.8 Å². The van der Waals surface area contributed by atoms with Gasteiger partial charge in [-0.25, -0.2) is 5.01 Å². The zero-order valence-corrected chi connectivity index (χ0v) is 16.8. The molecule has 0 unspecified atom stereocenters. The second-order valence-corrected chi connectivity index (χ2v) is 7.19. The van der Waals surface area contributed by atoms with Gasteiger partial charge in [0.05, 0.1) is 12.2 Å². The number of nitrogens with one attached hydrogen (secondary N) is 2. The zero-order chi connectivity index (χ0) is 20.1. The van der Waals surface area contributed by atoms with E-state index < -0.39 is 5.91 Å². The van der Waals surface area contributed by atoms with Crippen molar-refractivity contribution < 1.29 is 14.4 Å². The number of halogens is 1. The van der Waals surface area contributed by atoms with Gasteiger partial charge in [-0.05, 0) is 42.8 Å². The van der Waals surface area contributed by atoms with Crippen LogP contribution in [0, 0.1) is 6.92 Å². The Balaban J connectivity index is 1.61. The van der Waals surface area contributed by atoms with Crippen molar-refractivity contribution in [3.63, 3.8) is 0 Å². The quantitative estimate of drug-likeness (QED) is 0.745. The molecule has 0 aromatic heterocycles. The number of hydrogen-bond donors (Lipinski definition) is 2. The number of rotatable bonds is 5. The molecule has 0 spiro atoms. The smallest absolute Gasteiger partial charge is 0.267 e. The molecule has 3 amide bonds. The maximum absolute atomic E-state index is 12.4. The minimum Gasteiger partial charge on any atom is -0.342 e. The number of hydrogen-bond acceptors (Lipinski definition) is 4. The molecule has 0 atom stereocenters. The molecule has 28 heavy (non-hydrogen) atoms. The average molecular weight is 443 g/mol. The Morgan fingerprint density at radius 2 is 1.89 bits per heavy atom. The molecule has 1 aliphatic rings. The van der Waals surface area contributed by atoms with E-state index in [4.69, 9.17) is 0 Å². The van der Waals surface area contributed by atoms with E-state index >= 15 is 0 Å². The van der Waals surface area contributed by atoms with E-state index in [2.05, 4.69) is 31.7 Å². The third kappa shape index (κ3) is 4.83. The topological polar surface area (TPSA) is 90.9 Å². The summed E-state index contributed by atoms with van der Waals surface area (Å²) in [6.45, 7) is 1.69. The molecule has 0 aliphatic carbocycles. The first-order valence-electron chi connectivity index (χ1n) is 8.74. The normalized spacial score (nSPS) is 13.7. The molecule has 1 heterocycles. The van der Waals surface area contributed by atoms with Gasteiger partial charge in [0.15, 0.2) is 0 Å². The van der Waals surface area contributed by atoms with Gasteiger partial charge in [0.25, 0.3) is 5.91 Å². The van der Waals surface area contributed by atoms with Crippen LogP contribution < -0.4 is 15.6 Å². The minimum absolute atomic E-state index is 0.175. The summed E-state index contributed by atoms with van der Waals surface area (Å²) in [5.41, 5.74) is 2.40. The predicted molar refractivity (Wildman–Crippen MR) is 111 cm³/mol. The predicted octanol–water partition coefficient (Wildman–Crippen LogP) is 3.00. The lowest BCUT2D eigenvalue weighted by Crippen LogP contribution is -2.41. The molecule has 0 bridgehead atoms. The Bertz CT molecular complexity index is 944. The summed E-state index contributed by atoms with van der Waals surface area (Å²) >= 11 is 3.37. The maximum Gasteiger partial charge on any atom is 0.267 e. The number of carbonyl (C=O) groups excluding carboxylic acids is 3. The Hall–Kier alpha value is -3.00. The van der Waals surface area contributed by atoms with Gasteiger partial charge in [-0.2, -0.15) is 5.10 Å². The molecule has 0 radical (unpaired) electrons. The van der Waals surface area contributed by atoms with Gasteiger partial charge in [0, 0.05) is 23.0 Å². The van der Waals surface area contributed by atoms with Crippen LogP contribution in [0.15, 0.2) is 58.1 Å². The highest BCUT2D eigenvalue weighted by atomic mass is 79.9. The first-order valence-corrected chi connectivity index (χ1v) is 9.53. The minimum atomic E-state index is -0.462. The number of benzene rings is 2. The summed E-state index contributed by atoms with van der Waals surface area (Å²) < 4.78 is 0.920. The van der Waals surface area contributed by atoms with Gasteiger partial charge in [0.1, 0.15) is 5.71 Å². The van der Waals surface area contributed by atoms with E-state index in [1.54, 1.807) is 30.3 Å². The molecule has 8 heteroatoms. The van der Waals surface area contributed by atoms with Crippen molar-refractivity contribution in [3.05, 3.63) is 58.6 Å². The molecule has 2 aromatic rings. The number of anilines is 2. The fraction of sp³-hybridized carbons (Fsp3) is 0.200. The summed E-state index contributed by atoms with van der Waals surface area (Å²) in [7, 11) is 0. The molecule has 7 nitrogen and oxygen atoms in total. The van der Waals surface area contributed by atoms with E-state index in [1.165, 1.54) is 5.01 Å². The monoisotopic (exact) mass is 442 g/mol. The summed E-state index contributed by atoms with van der Waals surface area (Å²) in [5.74, 6) is -0.978. The van der Waals surface area contributed by atoms with Gasteiger partial charge in [-0.1, -0.05) is 34.1 Å². The molecule has 144 valence electrons.